The molecular weight excluding hydrogens is 527 g/mol. The van der Waals surface area contributed by atoms with E-state index >= 15 is 0 Å². The minimum absolute atomic E-state index is 0. The van der Waals surface area contributed by atoms with E-state index in [4.69, 9.17) is 9.47 Å². The van der Waals surface area contributed by atoms with E-state index in [-0.39, 0.29) is 24.0 Å². The van der Waals surface area contributed by atoms with Crippen molar-refractivity contribution in [1.29, 1.82) is 0 Å². The van der Waals surface area contributed by atoms with Crippen LogP contribution in [0.5, 0.6) is 11.5 Å². The van der Waals surface area contributed by atoms with Crippen LogP contribution in [-0.2, 0) is 13.1 Å². The molecule has 2 heterocycles. The summed E-state index contributed by atoms with van der Waals surface area (Å²) >= 11 is 0. The third-order valence-electron chi connectivity index (χ3n) is 6.64. The molecule has 0 aliphatic carbocycles. The van der Waals surface area contributed by atoms with Gasteiger partial charge in [-0.1, -0.05) is 36.4 Å². The molecule has 2 aromatic rings. The molecule has 6 nitrogen and oxygen atoms in total. The topological polar surface area (TPSA) is 58.1 Å². The average Bonchev–Trinajstić information content (AvgIpc) is 3.04. The second kappa shape index (κ2) is 12.5. The van der Waals surface area contributed by atoms with Gasteiger partial charge >= 0.3 is 0 Å². The highest BCUT2D eigenvalue weighted by Gasteiger charge is 2.40. The highest BCUT2D eigenvalue weighted by molar-refractivity contribution is 14.0. The molecule has 2 aliphatic rings. The fraction of sp³-hybridized carbons (Fsp3) is 0.500. The Morgan fingerprint density at radius 2 is 1.76 bits per heavy atom. The first-order valence-corrected chi connectivity index (χ1v) is 11.8. The Morgan fingerprint density at radius 1 is 1.03 bits per heavy atom. The molecule has 0 aromatic heterocycles. The molecule has 0 saturated carbocycles. The standard InChI is InChI=1S/C26H36N4O2.HI/c1-4-32-25-14-20(10-13-24(25)31-3)17-28-26(27-2)29-21-15-22-11-12-23(16-21)30(22)18-19-8-6-5-7-9-19;/h5-10,13-14,21-23H,4,11-12,15-18H2,1-3H3,(H2,27,28,29);1H. The van der Waals surface area contributed by atoms with Crippen molar-refractivity contribution in [3.63, 3.8) is 0 Å². The Balaban J connectivity index is 0.00000306. The SMILES string of the molecule is CCOc1cc(CNC(=NC)NC2CC3CCC(C2)N3Cc2ccccc2)ccc1OC.I. The van der Waals surface area contributed by atoms with Crippen molar-refractivity contribution >= 4 is 29.9 Å². The van der Waals surface area contributed by atoms with Crippen LogP contribution in [-0.4, -0.2) is 49.7 Å². The van der Waals surface area contributed by atoms with E-state index in [0.717, 1.165) is 29.6 Å². The predicted octanol–water partition coefficient (Wildman–Crippen LogP) is 4.57. The predicted molar refractivity (Wildman–Crippen MR) is 145 cm³/mol. The van der Waals surface area contributed by atoms with Crippen LogP contribution in [0.1, 0.15) is 43.7 Å². The molecule has 33 heavy (non-hydrogen) atoms. The molecule has 2 aliphatic heterocycles. The summed E-state index contributed by atoms with van der Waals surface area (Å²) in [5.74, 6) is 2.40. The monoisotopic (exact) mass is 564 g/mol. The van der Waals surface area contributed by atoms with Crippen molar-refractivity contribution in [2.24, 2.45) is 4.99 Å². The number of piperidine rings is 1. The van der Waals surface area contributed by atoms with Crippen molar-refractivity contribution in [3.8, 4) is 11.5 Å². The van der Waals surface area contributed by atoms with Crippen molar-refractivity contribution in [3.05, 3.63) is 59.7 Å². The molecule has 7 heteroatoms. The lowest BCUT2D eigenvalue weighted by atomic mass is 9.96. The number of guanidine groups is 1. The van der Waals surface area contributed by atoms with Crippen molar-refractivity contribution in [2.75, 3.05) is 20.8 Å². The van der Waals surface area contributed by atoms with Gasteiger partial charge in [-0.3, -0.25) is 9.89 Å². The molecule has 0 spiro atoms. The summed E-state index contributed by atoms with van der Waals surface area (Å²) in [6, 6.07) is 18.7. The first-order valence-electron chi connectivity index (χ1n) is 11.8. The van der Waals surface area contributed by atoms with Crippen molar-refractivity contribution < 1.29 is 9.47 Å². The molecule has 2 fully saturated rings. The molecule has 2 saturated heterocycles. The first kappa shape index (κ1) is 25.6. The molecule has 2 bridgehead atoms. The molecule has 0 radical (unpaired) electrons. The molecule has 2 N–H and O–H groups in total. The number of aliphatic imine (C=N–C) groups is 1. The zero-order valence-electron chi connectivity index (χ0n) is 19.9. The van der Waals surface area contributed by atoms with Gasteiger partial charge in [-0.15, -0.1) is 24.0 Å². The summed E-state index contributed by atoms with van der Waals surface area (Å²) in [5, 5.41) is 7.15. The molecule has 2 aromatic carbocycles. The number of rotatable bonds is 8. The number of nitrogens with one attached hydrogen (secondary N) is 2. The fourth-order valence-electron chi connectivity index (χ4n) is 5.12. The van der Waals surface area contributed by atoms with Crippen LogP contribution in [0.25, 0.3) is 0 Å². The minimum Gasteiger partial charge on any atom is -0.493 e. The third kappa shape index (κ3) is 6.53. The van der Waals surface area contributed by atoms with Crippen LogP contribution >= 0.6 is 24.0 Å². The first-order chi connectivity index (χ1) is 15.7. The van der Waals surface area contributed by atoms with Gasteiger partial charge < -0.3 is 20.1 Å². The summed E-state index contributed by atoms with van der Waals surface area (Å²) in [6.07, 6.45) is 4.93. The van der Waals surface area contributed by atoms with Gasteiger partial charge in [-0.2, -0.15) is 0 Å². The van der Waals surface area contributed by atoms with E-state index in [0.29, 0.717) is 31.3 Å². The van der Waals surface area contributed by atoms with Crippen LogP contribution in [0, 0.1) is 0 Å². The Morgan fingerprint density at radius 3 is 2.39 bits per heavy atom. The van der Waals surface area contributed by atoms with E-state index in [1.807, 2.05) is 26.1 Å². The van der Waals surface area contributed by atoms with Gasteiger partial charge in [0.05, 0.1) is 13.7 Å². The summed E-state index contributed by atoms with van der Waals surface area (Å²) in [6.45, 7) is 4.34. The van der Waals surface area contributed by atoms with Crippen molar-refractivity contribution in [2.45, 2.75) is 63.8 Å². The van der Waals surface area contributed by atoms with E-state index in [1.54, 1.807) is 7.11 Å². The lowest BCUT2D eigenvalue weighted by Crippen LogP contribution is -2.52. The quantitative estimate of drug-likeness (QED) is 0.280. The third-order valence-corrected chi connectivity index (χ3v) is 6.64. The number of ether oxygens (including phenoxy) is 2. The smallest absolute Gasteiger partial charge is 0.191 e. The maximum Gasteiger partial charge on any atom is 0.191 e. The summed E-state index contributed by atoms with van der Waals surface area (Å²) in [4.78, 5) is 7.19. The van der Waals surface area contributed by atoms with Gasteiger partial charge in [0.1, 0.15) is 0 Å². The average molecular weight is 565 g/mol. The van der Waals surface area contributed by atoms with Gasteiger partial charge in [0.15, 0.2) is 17.5 Å². The van der Waals surface area contributed by atoms with Gasteiger partial charge in [0.2, 0.25) is 0 Å². The zero-order valence-corrected chi connectivity index (χ0v) is 22.3. The maximum atomic E-state index is 5.70. The van der Waals surface area contributed by atoms with E-state index in [2.05, 4.69) is 56.9 Å². The normalized spacial score (nSPS) is 22.4. The molecule has 2 atom stereocenters. The largest absolute Gasteiger partial charge is 0.493 e. The second-order valence-electron chi connectivity index (χ2n) is 8.70. The van der Waals surface area contributed by atoms with Crippen LogP contribution < -0.4 is 20.1 Å². The molecule has 2 unspecified atom stereocenters. The number of halogens is 1. The van der Waals surface area contributed by atoms with Crippen LogP contribution in [0.2, 0.25) is 0 Å². The zero-order chi connectivity index (χ0) is 22.3. The van der Waals surface area contributed by atoms with Crippen LogP contribution in [0.3, 0.4) is 0 Å². The summed E-state index contributed by atoms with van der Waals surface area (Å²) < 4.78 is 11.1. The Kier molecular flexibility index (Phi) is 9.67. The van der Waals surface area contributed by atoms with E-state index < -0.39 is 0 Å². The fourth-order valence-corrected chi connectivity index (χ4v) is 5.12. The van der Waals surface area contributed by atoms with E-state index in [9.17, 15) is 0 Å². The summed E-state index contributed by atoms with van der Waals surface area (Å²) in [5.41, 5.74) is 2.55. The highest BCUT2D eigenvalue weighted by atomic mass is 127. The Hall–Kier alpha value is -2.00. The number of hydrogen-bond acceptors (Lipinski definition) is 4. The van der Waals surface area contributed by atoms with Gasteiger partial charge in [0, 0.05) is 38.3 Å². The van der Waals surface area contributed by atoms with Crippen LogP contribution in [0.15, 0.2) is 53.5 Å². The van der Waals surface area contributed by atoms with Gasteiger partial charge in [-0.05, 0) is 55.9 Å². The Bertz CT molecular complexity index is 894. The lowest BCUT2D eigenvalue weighted by molar-refractivity contribution is 0.114. The van der Waals surface area contributed by atoms with Crippen LogP contribution in [0.4, 0.5) is 0 Å². The summed E-state index contributed by atoms with van der Waals surface area (Å²) in [7, 11) is 3.51. The highest BCUT2D eigenvalue weighted by Crippen LogP contribution is 2.36. The lowest BCUT2D eigenvalue weighted by Gasteiger charge is -2.39. The van der Waals surface area contributed by atoms with Gasteiger partial charge in [0.25, 0.3) is 0 Å². The van der Waals surface area contributed by atoms with Crippen molar-refractivity contribution in [1.82, 2.24) is 15.5 Å². The number of nitrogens with zero attached hydrogens (tertiary/aromatic N) is 2. The maximum absolute atomic E-state index is 5.70. The Labute approximate surface area is 215 Å². The molecular formula is C26H37IN4O2. The number of fused-ring (bicyclic) bond motifs is 2. The van der Waals surface area contributed by atoms with Gasteiger partial charge in [-0.25, -0.2) is 0 Å². The minimum atomic E-state index is 0. The number of hydrogen-bond donors (Lipinski definition) is 2. The molecule has 0 amide bonds. The number of benzene rings is 2. The molecule has 180 valence electrons. The molecule has 4 rings (SSSR count). The van der Waals surface area contributed by atoms with E-state index in [1.165, 1.54) is 31.2 Å². The second-order valence-corrected chi connectivity index (χ2v) is 8.70. The number of methoxy groups -OCH3 is 1.